The van der Waals surface area contributed by atoms with E-state index < -0.39 is 0 Å². The molecule has 0 bridgehead atoms. The van der Waals surface area contributed by atoms with Crippen molar-refractivity contribution in [2.75, 3.05) is 106 Å². The number of thiocarbonyl (C=S) groups is 5. The number of nitrogens with zero attached hydrogens (tertiary/aromatic N) is 13. The Morgan fingerprint density at radius 1 is 0.500 bits per heavy atom. The molecule has 0 spiro atoms. The fraction of sp³-hybridized carbons (Fsp3) is 0.581. The van der Waals surface area contributed by atoms with E-state index in [4.69, 9.17) is 61.1 Å². The van der Waals surface area contributed by atoms with Crippen LogP contribution in [0.5, 0.6) is 0 Å². The second-order valence-electron chi connectivity index (χ2n) is 16.1. The Labute approximate surface area is 446 Å². The Morgan fingerprint density at radius 3 is 1.24 bits per heavy atom. The molecule has 9 heterocycles. The second-order valence-corrected chi connectivity index (χ2v) is 20.5. The lowest BCUT2D eigenvalue weighted by atomic mass is 10.0. The van der Waals surface area contributed by atoms with Crippen LogP contribution in [0, 0.1) is 11.8 Å². The molecule has 1 aromatic heterocycles. The molecule has 9 rings (SSSR count). The maximum atomic E-state index is 11.5. The summed E-state index contributed by atoms with van der Waals surface area (Å²) in [6.07, 6.45) is 8.56. The van der Waals surface area contributed by atoms with E-state index in [1.54, 1.807) is 90.9 Å². The molecule has 27 heteroatoms. The lowest BCUT2D eigenvalue weighted by Crippen LogP contribution is -2.39. The summed E-state index contributed by atoms with van der Waals surface area (Å²) in [5, 5.41) is 8.57. The van der Waals surface area contributed by atoms with Crippen molar-refractivity contribution >= 4 is 151 Å². The van der Waals surface area contributed by atoms with Gasteiger partial charge in [0.2, 0.25) is 17.7 Å². The Balaban J connectivity index is 0.000000218. The van der Waals surface area contributed by atoms with Gasteiger partial charge in [-0.1, -0.05) is 36.7 Å². The zero-order valence-electron chi connectivity index (χ0n) is 41.5. The number of aromatic nitrogens is 3. The number of hydrogen-bond donors (Lipinski definition) is 0. The number of thioether (sulfide) groups is 2. The highest BCUT2D eigenvalue weighted by Gasteiger charge is 2.37. The standard InChI is InChI=1S/C8H9NO2S.C8H9NOS2.C6H10N2O2.2C6H10N2OS.C6H10N2S2.C3H5N3/c2*1-9-7(10)4-6-5(8(9)11)2-3-12-6;1-3-8-4-5(9)7(2)6(8)10;1-3-8-4-5(10)7(2)6(8)9;2*1-3-8-4-5(9)7(2)6(8)10;1-6-2-4-5-3-6/h2*4-5H,2-3H2,1H3;4*3-4H2,1-2H3;2-3H,1H3. The summed E-state index contributed by atoms with van der Waals surface area (Å²) < 4.78 is 1.78. The third-order valence-corrected chi connectivity index (χ3v) is 16.4. The van der Waals surface area contributed by atoms with Crippen LogP contribution in [-0.4, -0.2) is 237 Å². The van der Waals surface area contributed by atoms with Crippen molar-refractivity contribution in [1.29, 1.82) is 0 Å². The van der Waals surface area contributed by atoms with Gasteiger partial charge in [0, 0.05) is 103 Å². The largest absolute Gasteiger partial charge is 0.342 e. The molecule has 2 atom stereocenters. The molecule has 8 aliphatic heterocycles. The Kier molecular flexibility index (Phi) is 23.8. The fourth-order valence-corrected chi connectivity index (χ4v) is 10.8. The number of likely N-dealkylation sites (N-methyl/N-ethyl adjacent to an activating group) is 10. The minimum atomic E-state index is -0.187. The molecule has 0 aliphatic carbocycles. The third kappa shape index (κ3) is 15.5. The van der Waals surface area contributed by atoms with Gasteiger partial charge < -0.3 is 34.0 Å². The number of urea groups is 2. The minimum absolute atomic E-state index is 0.0160. The number of imide groups is 2. The summed E-state index contributed by atoms with van der Waals surface area (Å²) >= 11 is 28.6. The first-order valence-electron chi connectivity index (χ1n) is 22.3. The first-order chi connectivity index (χ1) is 32.9. The highest BCUT2D eigenvalue weighted by atomic mass is 32.2. The molecular weight excluding hydrogens is 1040 g/mol. The van der Waals surface area contributed by atoms with Gasteiger partial charge in [-0.3, -0.25) is 43.6 Å². The maximum Gasteiger partial charge on any atom is 0.326 e. The average Bonchev–Trinajstić information content (AvgIpc) is 4.25. The first-order valence-corrected chi connectivity index (χ1v) is 26.3. The molecule has 0 radical (unpaired) electrons. The van der Waals surface area contributed by atoms with E-state index in [0.29, 0.717) is 35.7 Å². The third-order valence-electron chi connectivity index (χ3n) is 11.6. The van der Waals surface area contributed by atoms with E-state index in [0.717, 1.165) is 75.4 Å². The smallest absolute Gasteiger partial charge is 0.326 e. The molecule has 8 aliphatic rings. The van der Waals surface area contributed by atoms with Crippen molar-refractivity contribution in [2.45, 2.75) is 40.5 Å². The molecular formula is C43H63N13O7S7. The van der Waals surface area contributed by atoms with Gasteiger partial charge in [0.15, 0.2) is 10.2 Å². The molecule has 384 valence electrons. The number of carbonyl (C=O) groups excluding carboxylic acids is 7. The van der Waals surface area contributed by atoms with Crippen LogP contribution < -0.4 is 0 Å². The highest BCUT2D eigenvalue weighted by molar-refractivity contribution is 8.03. The highest BCUT2D eigenvalue weighted by Crippen LogP contribution is 2.40. The molecule has 0 saturated carbocycles. The van der Waals surface area contributed by atoms with Crippen LogP contribution in [0.1, 0.15) is 40.5 Å². The topological polar surface area (TPSA) is 183 Å². The summed E-state index contributed by atoms with van der Waals surface area (Å²) in [6.45, 7) is 13.1. The molecule has 70 heavy (non-hydrogen) atoms. The van der Waals surface area contributed by atoms with Gasteiger partial charge in [-0.2, -0.15) is 0 Å². The van der Waals surface area contributed by atoms with Crippen LogP contribution >= 0.6 is 84.6 Å². The number of amides is 9. The summed E-state index contributed by atoms with van der Waals surface area (Å²) in [4.78, 5) is 98.4. The SMILES string of the molecule is CCN1CC(=O)N(C)C1=O.CCN1CC(=O)N(C)C1=S.CCN1CC(=S)N(C)C1=O.CCN1CC(=S)N(C)C1=S.CN1C(=O)C=C2SCCC2C1=O.CN1C(=O)C=C2SCCC2C1=S.Cn1cnnc1. The van der Waals surface area contributed by atoms with E-state index in [2.05, 4.69) is 22.0 Å². The second kappa shape index (κ2) is 27.9. The summed E-state index contributed by atoms with van der Waals surface area (Å²) in [6, 6.07) is -0.167. The van der Waals surface area contributed by atoms with E-state index in [1.165, 1.54) is 31.6 Å². The number of fused-ring (bicyclic) bond motifs is 2. The summed E-state index contributed by atoms with van der Waals surface area (Å²) in [5.74, 6) is 2.18. The van der Waals surface area contributed by atoms with Gasteiger partial charge in [-0.15, -0.1) is 33.7 Å². The van der Waals surface area contributed by atoms with Gasteiger partial charge in [0.25, 0.3) is 11.8 Å². The summed E-state index contributed by atoms with van der Waals surface area (Å²) in [7, 11) is 12.0. The van der Waals surface area contributed by atoms with E-state index in [1.807, 2.05) is 44.7 Å². The minimum Gasteiger partial charge on any atom is -0.342 e. The van der Waals surface area contributed by atoms with Gasteiger partial charge in [-0.05, 0) is 76.5 Å². The predicted molar refractivity (Wildman–Crippen MR) is 293 cm³/mol. The number of rotatable bonds is 4. The van der Waals surface area contributed by atoms with Crippen LogP contribution in [0.15, 0.2) is 34.6 Å². The molecule has 1 aromatic rings. The maximum absolute atomic E-state index is 11.5. The van der Waals surface area contributed by atoms with Crippen molar-refractivity contribution in [1.82, 2.24) is 63.8 Å². The Morgan fingerprint density at radius 2 is 0.900 bits per heavy atom. The van der Waals surface area contributed by atoms with Crippen LogP contribution in [0.3, 0.4) is 0 Å². The molecule has 6 saturated heterocycles. The van der Waals surface area contributed by atoms with Crippen molar-refractivity contribution in [3.63, 3.8) is 0 Å². The Bertz CT molecular complexity index is 2040. The molecule has 0 N–H and O–H groups in total. The van der Waals surface area contributed by atoms with Crippen LogP contribution in [0.2, 0.25) is 0 Å². The number of carbonyl (C=O) groups is 7. The number of hydrogen-bond acceptors (Lipinski definition) is 16. The quantitative estimate of drug-likeness (QED) is 0.243. The van der Waals surface area contributed by atoms with Gasteiger partial charge >= 0.3 is 12.1 Å². The Hall–Kier alpha value is -4.54. The average molecular weight is 1100 g/mol. The van der Waals surface area contributed by atoms with Crippen LogP contribution in [0.4, 0.5) is 9.59 Å². The predicted octanol–water partition coefficient (Wildman–Crippen LogP) is 3.39. The molecule has 2 unspecified atom stereocenters. The lowest BCUT2D eigenvalue weighted by molar-refractivity contribution is -0.143. The number of aryl methyl sites for hydroxylation is 1. The van der Waals surface area contributed by atoms with Gasteiger partial charge in [-0.25, -0.2) is 9.59 Å². The lowest BCUT2D eigenvalue weighted by Gasteiger charge is -2.26. The van der Waals surface area contributed by atoms with Crippen LogP contribution in [-0.2, 0) is 31.0 Å². The van der Waals surface area contributed by atoms with E-state index in [-0.39, 0.29) is 54.1 Å². The normalized spacial score (nSPS) is 21.5. The van der Waals surface area contributed by atoms with Crippen molar-refractivity contribution < 1.29 is 33.6 Å². The molecule has 20 nitrogen and oxygen atoms in total. The summed E-state index contributed by atoms with van der Waals surface area (Å²) in [5.41, 5.74) is 0. The molecule has 6 fully saturated rings. The van der Waals surface area contributed by atoms with E-state index >= 15 is 0 Å². The van der Waals surface area contributed by atoms with Crippen molar-refractivity contribution in [3.05, 3.63) is 34.6 Å². The van der Waals surface area contributed by atoms with Gasteiger partial charge in [0.1, 0.15) is 29.2 Å². The van der Waals surface area contributed by atoms with Crippen molar-refractivity contribution in [3.8, 4) is 0 Å². The van der Waals surface area contributed by atoms with Gasteiger partial charge in [0.05, 0.1) is 30.5 Å². The molecule has 9 amide bonds. The zero-order chi connectivity index (χ0) is 52.7. The monoisotopic (exact) mass is 1100 g/mol. The first kappa shape index (κ1) is 59.8. The zero-order valence-corrected chi connectivity index (χ0v) is 47.2. The van der Waals surface area contributed by atoms with Crippen LogP contribution in [0.25, 0.3) is 0 Å². The molecule has 0 aromatic carbocycles. The van der Waals surface area contributed by atoms with Crippen molar-refractivity contribution in [2.24, 2.45) is 18.9 Å². The van der Waals surface area contributed by atoms with E-state index in [9.17, 15) is 33.6 Å². The fourth-order valence-electron chi connectivity index (χ4n) is 6.84.